The molecule has 1 N–H and O–H groups in total. The zero-order valence-corrected chi connectivity index (χ0v) is 12.2. The fourth-order valence-electron chi connectivity index (χ4n) is 1.82. The summed E-state index contributed by atoms with van der Waals surface area (Å²) in [5.41, 5.74) is 1.70. The van der Waals surface area contributed by atoms with E-state index in [4.69, 9.17) is 4.74 Å². The van der Waals surface area contributed by atoms with Gasteiger partial charge in [-0.3, -0.25) is 0 Å². The number of rotatable bonds is 7. The minimum Gasteiger partial charge on any atom is -0.383 e. The fraction of sp³-hybridized carbons (Fsp3) is 0.333. The lowest BCUT2D eigenvalue weighted by atomic mass is 10.3. The lowest BCUT2D eigenvalue weighted by Crippen LogP contribution is -2.19. The van der Waals surface area contributed by atoms with Crippen LogP contribution >= 0.6 is 0 Å². The Balaban J connectivity index is 1.98. The maximum atomic E-state index is 13.2. The Labute approximate surface area is 123 Å². The number of ether oxygens (including phenoxy) is 1. The van der Waals surface area contributed by atoms with Gasteiger partial charge in [0.2, 0.25) is 5.95 Å². The molecule has 0 atom stereocenters. The Hall–Kier alpha value is -2.05. The average Bonchev–Trinajstić information content (AvgIpc) is 2.51. The molecule has 0 saturated carbocycles. The summed E-state index contributed by atoms with van der Waals surface area (Å²) in [6, 6.07) is 6.33. The number of hydrogen-bond acceptors (Lipinski definition) is 5. The fourth-order valence-corrected chi connectivity index (χ4v) is 1.82. The molecule has 112 valence electrons. The summed E-state index contributed by atoms with van der Waals surface area (Å²) in [5.74, 6) is 0.250. The molecular formula is C15H19FN4O. The van der Waals surface area contributed by atoms with Crippen LogP contribution in [0.1, 0.15) is 5.56 Å². The number of benzene rings is 1. The minimum atomic E-state index is -0.279. The van der Waals surface area contributed by atoms with E-state index >= 15 is 0 Å². The minimum absolute atomic E-state index is 0.279. The quantitative estimate of drug-likeness (QED) is 0.792. The van der Waals surface area contributed by atoms with E-state index in [1.54, 1.807) is 37.5 Å². The van der Waals surface area contributed by atoms with Gasteiger partial charge in [-0.05, 0) is 18.2 Å². The SMILES string of the molecule is COCCNCc1cnc(N(C)c2cccc(F)c2)nc1. The predicted octanol–water partition coefficient (Wildman–Crippen LogP) is 2.12. The number of nitrogens with zero attached hydrogens (tertiary/aromatic N) is 3. The van der Waals surface area contributed by atoms with Gasteiger partial charge in [-0.15, -0.1) is 0 Å². The number of aromatic nitrogens is 2. The molecule has 0 aliphatic heterocycles. The van der Waals surface area contributed by atoms with Crippen LogP contribution in [-0.4, -0.2) is 37.3 Å². The molecular weight excluding hydrogens is 271 g/mol. The number of hydrogen-bond donors (Lipinski definition) is 1. The maximum Gasteiger partial charge on any atom is 0.229 e. The summed E-state index contributed by atoms with van der Waals surface area (Å²) >= 11 is 0. The highest BCUT2D eigenvalue weighted by Gasteiger charge is 2.07. The zero-order valence-electron chi connectivity index (χ0n) is 12.2. The number of halogens is 1. The van der Waals surface area contributed by atoms with Gasteiger partial charge in [0.05, 0.1) is 6.61 Å². The van der Waals surface area contributed by atoms with Gasteiger partial charge in [-0.1, -0.05) is 6.07 Å². The highest BCUT2D eigenvalue weighted by atomic mass is 19.1. The van der Waals surface area contributed by atoms with Gasteiger partial charge < -0.3 is 15.0 Å². The third kappa shape index (κ3) is 4.47. The molecule has 5 nitrogen and oxygen atoms in total. The normalized spacial score (nSPS) is 10.6. The van der Waals surface area contributed by atoms with Crippen molar-refractivity contribution in [2.75, 3.05) is 32.2 Å². The first-order valence-corrected chi connectivity index (χ1v) is 6.70. The van der Waals surface area contributed by atoms with Crippen LogP contribution in [-0.2, 0) is 11.3 Å². The van der Waals surface area contributed by atoms with E-state index in [0.29, 0.717) is 24.8 Å². The van der Waals surface area contributed by atoms with Crippen molar-refractivity contribution in [3.8, 4) is 0 Å². The second kappa shape index (κ2) is 7.66. The molecule has 0 radical (unpaired) electrons. The molecule has 1 aromatic heterocycles. The third-order valence-electron chi connectivity index (χ3n) is 3.00. The van der Waals surface area contributed by atoms with Gasteiger partial charge in [0.15, 0.2) is 0 Å². The Bertz CT molecular complexity index is 562. The summed E-state index contributed by atoms with van der Waals surface area (Å²) in [6.45, 7) is 2.13. The van der Waals surface area contributed by atoms with E-state index in [-0.39, 0.29) is 5.82 Å². The van der Waals surface area contributed by atoms with Gasteiger partial charge in [0.25, 0.3) is 0 Å². The molecule has 0 saturated heterocycles. The van der Waals surface area contributed by atoms with Crippen LogP contribution in [0.5, 0.6) is 0 Å². The summed E-state index contributed by atoms with van der Waals surface area (Å²) in [7, 11) is 3.47. The standard InChI is InChI=1S/C15H19FN4O/c1-20(14-5-3-4-13(16)8-14)15-18-10-12(11-19-15)9-17-6-7-21-2/h3-5,8,10-11,17H,6-7,9H2,1-2H3. The van der Waals surface area contributed by atoms with Crippen molar-refractivity contribution < 1.29 is 9.13 Å². The lowest BCUT2D eigenvalue weighted by Gasteiger charge is -2.17. The molecule has 6 heteroatoms. The van der Waals surface area contributed by atoms with Gasteiger partial charge in [-0.2, -0.15) is 0 Å². The Morgan fingerprint density at radius 3 is 2.71 bits per heavy atom. The van der Waals surface area contributed by atoms with E-state index in [1.807, 2.05) is 6.07 Å². The molecule has 0 aliphatic rings. The summed E-state index contributed by atoms with van der Waals surface area (Å²) < 4.78 is 18.2. The molecule has 0 spiro atoms. The first kappa shape index (κ1) is 15.3. The summed E-state index contributed by atoms with van der Waals surface area (Å²) in [6.07, 6.45) is 3.52. The molecule has 0 amide bonds. The van der Waals surface area contributed by atoms with Crippen LogP contribution in [0.4, 0.5) is 16.0 Å². The van der Waals surface area contributed by atoms with E-state index in [9.17, 15) is 4.39 Å². The molecule has 21 heavy (non-hydrogen) atoms. The lowest BCUT2D eigenvalue weighted by molar-refractivity contribution is 0.199. The van der Waals surface area contributed by atoms with E-state index in [0.717, 1.165) is 12.1 Å². The molecule has 0 bridgehead atoms. The first-order valence-electron chi connectivity index (χ1n) is 6.70. The second-order valence-electron chi connectivity index (χ2n) is 4.60. The van der Waals surface area contributed by atoms with Crippen LogP contribution in [0.25, 0.3) is 0 Å². The highest BCUT2D eigenvalue weighted by molar-refractivity contribution is 5.55. The van der Waals surface area contributed by atoms with E-state index < -0.39 is 0 Å². The monoisotopic (exact) mass is 290 g/mol. The van der Waals surface area contributed by atoms with Crippen LogP contribution in [0.2, 0.25) is 0 Å². The van der Waals surface area contributed by atoms with E-state index in [2.05, 4.69) is 15.3 Å². The zero-order chi connectivity index (χ0) is 15.1. The average molecular weight is 290 g/mol. The van der Waals surface area contributed by atoms with Crippen LogP contribution in [0.15, 0.2) is 36.7 Å². The molecule has 1 heterocycles. The number of nitrogens with one attached hydrogen (secondary N) is 1. The second-order valence-corrected chi connectivity index (χ2v) is 4.60. The molecule has 2 aromatic rings. The maximum absolute atomic E-state index is 13.2. The van der Waals surface area contributed by atoms with Crippen LogP contribution in [0, 0.1) is 5.82 Å². The number of anilines is 2. The molecule has 0 aliphatic carbocycles. The van der Waals surface area contributed by atoms with Crippen molar-refractivity contribution in [3.63, 3.8) is 0 Å². The number of methoxy groups -OCH3 is 1. The van der Waals surface area contributed by atoms with Crippen molar-refractivity contribution in [1.29, 1.82) is 0 Å². The largest absolute Gasteiger partial charge is 0.383 e. The van der Waals surface area contributed by atoms with Gasteiger partial charge in [0, 0.05) is 50.9 Å². The third-order valence-corrected chi connectivity index (χ3v) is 3.00. The Morgan fingerprint density at radius 2 is 2.05 bits per heavy atom. The van der Waals surface area contributed by atoms with Crippen molar-refractivity contribution >= 4 is 11.6 Å². The molecule has 0 unspecified atom stereocenters. The topological polar surface area (TPSA) is 50.3 Å². The van der Waals surface area contributed by atoms with Gasteiger partial charge in [-0.25, -0.2) is 14.4 Å². The van der Waals surface area contributed by atoms with Gasteiger partial charge >= 0.3 is 0 Å². The predicted molar refractivity (Wildman–Crippen MR) is 80.1 cm³/mol. The molecule has 2 rings (SSSR count). The highest BCUT2D eigenvalue weighted by Crippen LogP contribution is 2.20. The molecule has 1 aromatic carbocycles. The smallest absolute Gasteiger partial charge is 0.229 e. The summed E-state index contributed by atoms with van der Waals surface area (Å²) in [5, 5.41) is 3.22. The van der Waals surface area contributed by atoms with Crippen molar-refractivity contribution in [3.05, 3.63) is 48.0 Å². The Kier molecular flexibility index (Phi) is 5.59. The summed E-state index contributed by atoms with van der Waals surface area (Å²) in [4.78, 5) is 10.4. The van der Waals surface area contributed by atoms with Gasteiger partial charge in [0.1, 0.15) is 5.82 Å². The van der Waals surface area contributed by atoms with Crippen LogP contribution < -0.4 is 10.2 Å². The van der Waals surface area contributed by atoms with Crippen molar-refractivity contribution in [2.24, 2.45) is 0 Å². The van der Waals surface area contributed by atoms with Crippen molar-refractivity contribution in [1.82, 2.24) is 15.3 Å². The van der Waals surface area contributed by atoms with Crippen LogP contribution in [0.3, 0.4) is 0 Å². The van der Waals surface area contributed by atoms with E-state index in [1.165, 1.54) is 12.1 Å². The van der Waals surface area contributed by atoms with Crippen molar-refractivity contribution in [2.45, 2.75) is 6.54 Å². The Morgan fingerprint density at radius 1 is 1.29 bits per heavy atom. The molecule has 0 fully saturated rings. The first-order chi connectivity index (χ1) is 10.2.